The summed E-state index contributed by atoms with van der Waals surface area (Å²) in [5.41, 5.74) is 2.27. The third kappa shape index (κ3) is 4.53. The van der Waals surface area contributed by atoms with Crippen LogP contribution in [0.25, 0.3) is 0 Å². The monoisotopic (exact) mass is 499 g/mol. The van der Waals surface area contributed by atoms with Gasteiger partial charge >= 0.3 is 0 Å². The molecule has 1 aliphatic heterocycles. The van der Waals surface area contributed by atoms with Crippen molar-refractivity contribution in [2.75, 3.05) is 6.26 Å². The molecule has 0 aromatic heterocycles. The molecule has 0 saturated heterocycles. The highest BCUT2D eigenvalue weighted by Crippen LogP contribution is 2.43. The summed E-state index contributed by atoms with van der Waals surface area (Å²) in [6, 6.07) is 19.7. The molecule has 0 aliphatic carbocycles. The standard InChI is InChI=1S/C25H22ClNO4S2/c1-16-3-13-21(14-4-16)33(30,31)24-22(18-7-11-20(32-2)12-8-18)27(25(29)23(24)28)15-17-5-9-19(26)10-6-17/h3-14,22,28H,15H2,1-2H3. The Morgan fingerprint density at radius 2 is 1.58 bits per heavy atom. The molecule has 170 valence electrons. The van der Waals surface area contributed by atoms with Gasteiger partial charge in [-0.25, -0.2) is 8.42 Å². The number of hydrogen-bond donors (Lipinski definition) is 1. The Hall–Kier alpha value is -2.74. The van der Waals surface area contributed by atoms with Gasteiger partial charge in [-0.2, -0.15) is 0 Å². The summed E-state index contributed by atoms with van der Waals surface area (Å²) < 4.78 is 27.3. The summed E-state index contributed by atoms with van der Waals surface area (Å²) >= 11 is 7.54. The van der Waals surface area contributed by atoms with Crippen LogP contribution in [-0.2, 0) is 21.2 Å². The van der Waals surface area contributed by atoms with E-state index < -0.39 is 27.5 Å². The molecule has 0 spiro atoms. The summed E-state index contributed by atoms with van der Waals surface area (Å²) in [4.78, 5) is 15.3. The summed E-state index contributed by atoms with van der Waals surface area (Å²) in [5, 5.41) is 11.4. The van der Waals surface area contributed by atoms with Crippen molar-refractivity contribution < 1.29 is 18.3 Å². The van der Waals surface area contributed by atoms with Crippen LogP contribution in [0, 0.1) is 6.92 Å². The van der Waals surface area contributed by atoms with Gasteiger partial charge in [0, 0.05) is 16.5 Å². The lowest BCUT2D eigenvalue weighted by molar-refractivity contribution is -0.130. The fourth-order valence-electron chi connectivity index (χ4n) is 3.82. The summed E-state index contributed by atoms with van der Waals surface area (Å²) in [6.45, 7) is 1.97. The number of carbonyl (C=O) groups is 1. The Kier molecular flexibility index (Phi) is 6.56. The lowest BCUT2D eigenvalue weighted by Gasteiger charge is -2.27. The first-order valence-corrected chi connectivity index (χ1v) is 13.2. The van der Waals surface area contributed by atoms with Crippen LogP contribution in [0.5, 0.6) is 0 Å². The minimum absolute atomic E-state index is 0.0292. The highest BCUT2D eigenvalue weighted by atomic mass is 35.5. The molecular formula is C25H22ClNO4S2. The van der Waals surface area contributed by atoms with Gasteiger partial charge in [0.05, 0.1) is 10.9 Å². The van der Waals surface area contributed by atoms with Crippen LogP contribution in [0.4, 0.5) is 0 Å². The quantitative estimate of drug-likeness (QED) is 0.440. The van der Waals surface area contributed by atoms with Crippen molar-refractivity contribution in [2.24, 2.45) is 0 Å². The minimum Gasteiger partial charge on any atom is -0.502 e. The maximum atomic E-state index is 13.6. The Bertz CT molecular complexity index is 1320. The van der Waals surface area contributed by atoms with E-state index in [1.807, 2.05) is 25.3 Å². The molecular weight excluding hydrogens is 478 g/mol. The average Bonchev–Trinajstić information content (AvgIpc) is 3.06. The molecule has 0 radical (unpaired) electrons. The molecule has 3 aromatic rings. The molecule has 1 amide bonds. The van der Waals surface area contributed by atoms with Gasteiger partial charge in [0.2, 0.25) is 9.84 Å². The number of thioether (sulfide) groups is 1. The molecule has 1 heterocycles. The first-order chi connectivity index (χ1) is 15.7. The SMILES string of the molecule is CSc1ccc(C2C(S(=O)(=O)c3ccc(C)cc3)=C(O)C(=O)N2Cc2ccc(Cl)cc2)cc1. The number of carbonyl (C=O) groups excluding carboxylic acids is 1. The second-order valence-electron chi connectivity index (χ2n) is 7.76. The van der Waals surface area contributed by atoms with Crippen LogP contribution in [0.2, 0.25) is 5.02 Å². The van der Waals surface area contributed by atoms with E-state index in [9.17, 15) is 18.3 Å². The largest absolute Gasteiger partial charge is 0.502 e. The molecule has 4 rings (SSSR count). The molecule has 3 aromatic carbocycles. The first kappa shape index (κ1) is 23.4. The van der Waals surface area contributed by atoms with E-state index in [1.165, 1.54) is 17.0 Å². The van der Waals surface area contributed by atoms with Gasteiger partial charge in [-0.1, -0.05) is 53.6 Å². The van der Waals surface area contributed by atoms with E-state index in [0.717, 1.165) is 16.0 Å². The lowest BCUT2D eigenvalue weighted by atomic mass is 10.1. The van der Waals surface area contributed by atoms with Crippen LogP contribution in [0.3, 0.4) is 0 Å². The number of amides is 1. The molecule has 1 N–H and O–H groups in total. The van der Waals surface area contributed by atoms with E-state index in [1.54, 1.807) is 60.3 Å². The van der Waals surface area contributed by atoms with E-state index >= 15 is 0 Å². The summed E-state index contributed by atoms with van der Waals surface area (Å²) in [5.74, 6) is -1.47. The second-order valence-corrected chi connectivity index (χ2v) is 11.0. The lowest BCUT2D eigenvalue weighted by Crippen LogP contribution is -2.30. The fraction of sp³-hybridized carbons (Fsp3) is 0.160. The first-order valence-electron chi connectivity index (χ1n) is 10.2. The smallest absolute Gasteiger partial charge is 0.290 e. The van der Waals surface area contributed by atoms with Gasteiger partial charge in [0.25, 0.3) is 5.91 Å². The van der Waals surface area contributed by atoms with Crippen molar-refractivity contribution >= 4 is 39.1 Å². The highest BCUT2D eigenvalue weighted by molar-refractivity contribution is 7.98. The number of hydrogen-bond acceptors (Lipinski definition) is 5. The third-order valence-electron chi connectivity index (χ3n) is 5.58. The number of nitrogens with zero attached hydrogens (tertiary/aromatic N) is 1. The van der Waals surface area contributed by atoms with Crippen molar-refractivity contribution in [1.82, 2.24) is 4.90 Å². The Morgan fingerprint density at radius 3 is 2.15 bits per heavy atom. The molecule has 1 aliphatic rings. The van der Waals surface area contributed by atoms with Crippen molar-refractivity contribution in [3.8, 4) is 0 Å². The molecule has 0 bridgehead atoms. The van der Waals surface area contributed by atoms with Crippen molar-refractivity contribution in [2.45, 2.75) is 29.3 Å². The number of benzene rings is 3. The predicted molar refractivity (Wildman–Crippen MR) is 131 cm³/mol. The zero-order chi connectivity index (χ0) is 23.8. The predicted octanol–water partition coefficient (Wildman–Crippen LogP) is 5.70. The average molecular weight is 500 g/mol. The van der Waals surface area contributed by atoms with Gasteiger partial charge < -0.3 is 10.0 Å². The van der Waals surface area contributed by atoms with Crippen LogP contribution in [0.15, 0.2) is 93.3 Å². The molecule has 1 unspecified atom stereocenters. The normalized spacial score (nSPS) is 16.5. The Labute approximate surface area is 202 Å². The number of halogens is 1. The van der Waals surface area contributed by atoms with Gasteiger partial charge in [-0.3, -0.25) is 4.79 Å². The molecule has 0 saturated carbocycles. The summed E-state index contributed by atoms with van der Waals surface area (Å²) in [7, 11) is -4.14. The zero-order valence-corrected chi connectivity index (χ0v) is 20.4. The van der Waals surface area contributed by atoms with E-state index in [-0.39, 0.29) is 16.3 Å². The van der Waals surface area contributed by atoms with Gasteiger partial charge in [0.15, 0.2) is 5.76 Å². The van der Waals surface area contributed by atoms with Crippen molar-refractivity contribution in [3.63, 3.8) is 0 Å². The van der Waals surface area contributed by atoms with Gasteiger partial charge in [0.1, 0.15) is 4.91 Å². The zero-order valence-electron chi connectivity index (χ0n) is 18.0. The molecule has 5 nitrogen and oxygen atoms in total. The number of rotatable bonds is 6. The number of aliphatic hydroxyl groups is 1. The summed E-state index contributed by atoms with van der Waals surface area (Å²) in [6.07, 6.45) is 1.94. The minimum atomic E-state index is -4.14. The number of aryl methyl sites for hydroxylation is 1. The molecule has 33 heavy (non-hydrogen) atoms. The molecule has 8 heteroatoms. The molecule has 0 fully saturated rings. The van der Waals surface area contributed by atoms with E-state index in [2.05, 4.69) is 0 Å². The van der Waals surface area contributed by atoms with Crippen LogP contribution in [0.1, 0.15) is 22.7 Å². The van der Waals surface area contributed by atoms with Crippen molar-refractivity contribution in [1.29, 1.82) is 0 Å². The maximum absolute atomic E-state index is 13.6. The van der Waals surface area contributed by atoms with E-state index in [4.69, 9.17) is 11.6 Å². The third-order valence-corrected chi connectivity index (χ3v) is 8.46. The second kappa shape index (κ2) is 9.25. The van der Waals surface area contributed by atoms with Gasteiger partial charge in [-0.05, 0) is 60.7 Å². The van der Waals surface area contributed by atoms with Crippen LogP contribution < -0.4 is 0 Å². The van der Waals surface area contributed by atoms with Crippen molar-refractivity contribution in [3.05, 3.63) is 105 Å². The van der Waals surface area contributed by atoms with Crippen LogP contribution in [-0.4, -0.2) is 30.6 Å². The fourth-order valence-corrected chi connectivity index (χ4v) is 6.00. The number of sulfone groups is 1. The molecule has 1 atom stereocenters. The highest BCUT2D eigenvalue weighted by Gasteiger charge is 2.46. The maximum Gasteiger partial charge on any atom is 0.290 e. The topological polar surface area (TPSA) is 74.7 Å². The number of aliphatic hydroxyl groups excluding tert-OH is 1. The Balaban J connectivity index is 1.84. The van der Waals surface area contributed by atoms with Crippen LogP contribution >= 0.6 is 23.4 Å². The van der Waals surface area contributed by atoms with Gasteiger partial charge in [-0.15, -0.1) is 11.8 Å². The Morgan fingerprint density at radius 1 is 0.970 bits per heavy atom. The van der Waals surface area contributed by atoms with E-state index in [0.29, 0.717) is 10.6 Å².